The molecule has 156 valence electrons. The Bertz CT molecular complexity index is 1110. The number of piperidine rings is 1. The Morgan fingerprint density at radius 1 is 1.27 bits per heavy atom. The average molecular weight is 416 g/mol. The third-order valence-corrected chi connectivity index (χ3v) is 5.16. The maximum Gasteiger partial charge on any atom is 0.255 e. The van der Waals surface area contributed by atoms with Gasteiger partial charge in [-0.25, -0.2) is 8.78 Å². The zero-order valence-electron chi connectivity index (χ0n) is 17.1. The van der Waals surface area contributed by atoms with E-state index < -0.39 is 35.4 Å². The minimum absolute atomic E-state index is 0.00583. The quantitative estimate of drug-likeness (QED) is 0.731. The Morgan fingerprint density at radius 3 is 2.80 bits per heavy atom. The van der Waals surface area contributed by atoms with Crippen LogP contribution in [0.25, 0.3) is 0 Å². The van der Waals surface area contributed by atoms with Crippen LogP contribution in [0.2, 0.25) is 0 Å². The molecule has 0 spiro atoms. The number of nitrogens with zero attached hydrogens (tertiary/aromatic N) is 1. The summed E-state index contributed by atoms with van der Waals surface area (Å²) in [4.78, 5) is 37.7. The van der Waals surface area contributed by atoms with Crippen LogP contribution in [0.5, 0.6) is 5.75 Å². The first kappa shape index (κ1) is 18.5. The molecule has 1 saturated heterocycles. The largest absolute Gasteiger partial charge is 0.497 e. The van der Waals surface area contributed by atoms with E-state index in [0.717, 1.165) is 11.0 Å². The van der Waals surface area contributed by atoms with E-state index >= 15 is 0 Å². The van der Waals surface area contributed by atoms with Crippen LogP contribution in [0.15, 0.2) is 30.3 Å². The Hall–Kier alpha value is -3.49. The molecule has 0 bridgehead atoms. The van der Waals surface area contributed by atoms with Gasteiger partial charge in [-0.2, -0.15) is 0 Å². The number of rotatable bonds is 5. The van der Waals surface area contributed by atoms with Crippen molar-refractivity contribution in [2.45, 2.75) is 31.9 Å². The van der Waals surface area contributed by atoms with Crippen molar-refractivity contribution in [1.82, 2.24) is 10.2 Å². The fourth-order valence-corrected chi connectivity index (χ4v) is 3.62. The number of carbonyl (C=O) groups excluding carboxylic acids is 3. The van der Waals surface area contributed by atoms with Gasteiger partial charge in [-0.3, -0.25) is 19.7 Å². The molecule has 4 rings (SSSR count). The summed E-state index contributed by atoms with van der Waals surface area (Å²) in [5.74, 6) is -2.79. The van der Waals surface area contributed by atoms with Gasteiger partial charge in [-0.1, -0.05) is 0 Å². The Balaban J connectivity index is 1.62. The second-order valence-corrected chi connectivity index (χ2v) is 7.01. The third kappa shape index (κ3) is 3.58. The van der Waals surface area contributed by atoms with Gasteiger partial charge in [-0.15, -0.1) is 0 Å². The Kier molecular flexibility index (Phi) is 4.78. The SMILES string of the molecule is [2H]C1(N2Cc3c(NCc4cc(OC)ccc4F)cc(F)cc3C2=O)CCC(=O)NC1=O. The van der Waals surface area contributed by atoms with E-state index in [1.807, 2.05) is 0 Å². The second kappa shape index (κ2) is 7.74. The molecule has 0 aromatic heterocycles. The van der Waals surface area contributed by atoms with Crippen LogP contribution in [0, 0.1) is 11.6 Å². The molecule has 3 amide bonds. The molecular weight excluding hydrogens is 396 g/mol. The minimum Gasteiger partial charge on any atom is -0.497 e. The number of anilines is 1. The fourth-order valence-electron chi connectivity index (χ4n) is 3.62. The highest BCUT2D eigenvalue weighted by molar-refractivity contribution is 6.06. The highest BCUT2D eigenvalue weighted by Crippen LogP contribution is 2.33. The van der Waals surface area contributed by atoms with Crippen molar-refractivity contribution >= 4 is 23.4 Å². The van der Waals surface area contributed by atoms with Crippen molar-refractivity contribution < 1.29 is 29.3 Å². The van der Waals surface area contributed by atoms with Gasteiger partial charge in [0.1, 0.15) is 23.4 Å². The lowest BCUT2D eigenvalue weighted by atomic mass is 10.0. The number of nitrogens with one attached hydrogen (secondary N) is 2. The smallest absolute Gasteiger partial charge is 0.255 e. The minimum atomic E-state index is -1.98. The topological polar surface area (TPSA) is 87.7 Å². The summed E-state index contributed by atoms with van der Waals surface area (Å²) in [7, 11) is 1.45. The molecule has 0 radical (unpaired) electrons. The number of halogens is 2. The summed E-state index contributed by atoms with van der Waals surface area (Å²) in [6, 6.07) is 4.48. The van der Waals surface area contributed by atoms with E-state index in [4.69, 9.17) is 6.11 Å². The lowest BCUT2D eigenvalue weighted by Gasteiger charge is -2.29. The number of carbonyl (C=O) groups is 3. The van der Waals surface area contributed by atoms with Crippen LogP contribution < -0.4 is 15.4 Å². The predicted molar refractivity (Wildman–Crippen MR) is 103 cm³/mol. The number of amides is 3. The Labute approximate surface area is 172 Å². The van der Waals surface area contributed by atoms with Gasteiger partial charge < -0.3 is 15.0 Å². The average Bonchev–Trinajstić information content (AvgIpc) is 3.07. The van der Waals surface area contributed by atoms with Gasteiger partial charge in [0.2, 0.25) is 11.8 Å². The van der Waals surface area contributed by atoms with Crippen LogP contribution in [0.3, 0.4) is 0 Å². The molecule has 2 aliphatic rings. The monoisotopic (exact) mass is 416 g/mol. The van der Waals surface area contributed by atoms with E-state index in [1.165, 1.54) is 31.4 Å². The zero-order valence-corrected chi connectivity index (χ0v) is 16.1. The number of ether oxygens (including phenoxy) is 1. The number of hydrogen-bond donors (Lipinski definition) is 2. The fraction of sp³-hybridized carbons (Fsp3) is 0.286. The zero-order chi connectivity index (χ0) is 22.3. The standard InChI is InChI=1S/C21H19F2N3O4/c1-30-13-2-3-16(23)11(6-13)9-24-17-8-12(22)7-14-15(17)10-26(21(14)29)18-4-5-19(27)25-20(18)28/h2-3,6-8,18,24H,4-5,9-10H2,1H3,(H,25,27,28)/i18D. The van der Waals surface area contributed by atoms with E-state index in [2.05, 4.69) is 10.6 Å². The summed E-state index contributed by atoms with van der Waals surface area (Å²) in [5, 5.41) is 5.02. The highest BCUT2D eigenvalue weighted by atomic mass is 19.1. The molecule has 7 nitrogen and oxygen atoms in total. The highest BCUT2D eigenvalue weighted by Gasteiger charge is 2.40. The van der Waals surface area contributed by atoms with Crippen LogP contribution >= 0.6 is 0 Å². The molecule has 0 saturated carbocycles. The summed E-state index contributed by atoms with van der Waals surface area (Å²) in [6.07, 6.45) is -0.235. The summed E-state index contributed by atoms with van der Waals surface area (Å²) in [6.45, 7) is -0.128. The predicted octanol–water partition coefficient (Wildman–Crippen LogP) is 2.35. The maximum absolute atomic E-state index is 14.2. The number of fused-ring (bicyclic) bond motifs is 1. The maximum atomic E-state index is 14.2. The molecule has 1 atom stereocenters. The number of methoxy groups -OCH3 is 1. The van der Waals surface area contributed by atoms with Gasteiger partial charge in [-0.05, 0) is 36.8 Å². The van der Waals surface area contributed by atoms with Crippen LogP contribution in [-0.4, -0.2) is 35.7 Å². The van der Waals surface area contributed by atoms with Crippen LogP contribution in [0.1, 0.15) is 35.7 Å². The normalized spacial score (nSPS) is 21.2. The van der Waals surface area contributed by atoms with Gasteiger partial charge in [0.25, 0.3) is 5.91 Å². The van der Waals surface area contributed by atoms with Crippen molar-refractivity contribution in [3.8, 4) is 5.75 Å². The van der Waals surface area contributed by atoms with E-state index in [9.17, 15) is 23.2 Å². The molecule has 9 heteroatoms. The molecule has 2 aromatic carbocycles. The number of hydrogen-bond acceptors (Lipinski definition) is 5. The molecule has 2 aliphatic heterocycles. The van der Waals surface area contributed by atoms with Gasteiger partial charge in [0, 0.05) is 41.9 Å². The lowest BCUT2D eigenvalue weighted by molar-refractivity contribution is -0.136. The van der Waals surface area contributed by atoms with Gasteiger partial charge in [0.15, 0.2) is 0 Å². The first-order valence-corrected chi connectivity index (χ1v) is 9.28. The summed E-state index contributed by atoms with van der Waals surface area (Å²) < 4.78 is 42.0. The van der Waals surface area contributed by atoms with Crippen molar-refractivity contribution in [2.75, 3.05) is 12.4 Å². The van der Waals surface area contributed by atoms with E-state index in [-0.39, 0.29) is 42.7 Å². The molecule has 1 unspecified atom stereocenters. The van der Waals surface area contributed by atoms with Crippen molar-refractivity contribution in [3.63, 3.8) is 0 Å². The summed E-state index contributed by atoms with van der Waals surface area (Å²) in [5.41, 5.74) is 0.945. The number of imide groups is 1. The van der Waals surface area contributed by atoms with E-state index in [0.29, 0.717) is 11.3 Å². The van der Waals surface area contributed by atoms with Crippen LogP contribution in [-0.2, 0) is 22.7 Å². The van der Waals surface area contributed by atoms with Crippen molar-refractivity contribution in [2.24, 2.45) is 0 Å². The molecule has 2 heterocycles. The second-order valence-electron chi connectivity index (χ2n) is 7.01. The van der Waals surface area contributed by atoms with E-state index in [1.54, 1.807) is 0 Å². The van der Waals surface area contributed by atoms with Crippen LogP contribution in [0.4, 0.5) is 14.5 Å². The third-order valence-electron chi connectivity index (χ3n) is 5.16. The molecule has 30 heavy (non-hydrogen) atoms. The molecule has 0 aliphatic carbocycles. The first-order valence-electron chi connectivity index (χ1n) is 9.78. The van der Waals surface area contributed by atoms with Gasteiger partial charge >= 0.3 is 0 Å². The summed E-state index contributed by atoms with van der Waals surface area (Å²) >= 11 is 0. The van der Waals surface area contributed by atoms with Gasteiger partial charge in [0.05, 0.1) is 8.48 Å². The molecular formula is C21H19F2N3O4. The first-order chi connectivity index (χ1) is 14.7. The lowest BCUT2D eigenvalue weighted by Crippen LogP contribution is -2.52. The van der Waals surface area contributed by atoms with Crippen molar-refractivity contribution in [3.05, 3.63) is 58.7 Å². The number of benzene rings is 2. The Morgan fingerprint density at radius 2 is 2.07 bits per heavy atom. The van der Waals surface area contributed by atoms with Crippen molar-refractivity contribution in [1.29, 1.82) is 0 Å². The molecule has 1 fully saturated rings. The molecule has 2 N–H and O–H groups in total. The molecule has 2 aromatic rings.